The molecule has 0 unspecified atom stereocenters. The third-order valence-electron chi connectivity index (χ3n) is 2.42. The van der Waals surface area contributed by atoms with Gasteiger partial charge in [-0.15, -0.1) is 11.3 Å². The lowest BCUT2D eigenvalue weighted by Gasteiger charge is -2.20. The van der Waals surface area contributed by atoms with Crippen molar-refractivity contribution in [1.82, 2.24) is 10.3 Å². The van der Waals surface area contributed by atoms with Gasteiger partial charge in [-0.05, 0) is 25.9 Å². The molecule has 1 aromatic heterocycles. The van der Waals surface area contributed by atoms with Crippen molar-refractivity contribution in [3.63, 3.8) is 0 Å². The Morgan fingerprint density at radius 3 is 3.07 bits per heavy atom. The molecule has 1 amide bonds. The number of anilines is 1. The number of carbonyl (C=O) groups is 1. The Bertz CT molecular complexity index is 307. The summed E-state index contributed by atoms with van der Waals surface area (Å²) in [4.78, 5) is 14.6. The minimum absolute atomic E-state index is 0.573. The summed E-state index contributed by atoms with van der Waals surface area (Å²) in [5, 5.41) is 8.94. The smallest absolute Gasteiger partial charge is 0.212 e. The summed E-state index contributed by atoms with van der Waals surface area (Å²) in [6.07, 6.45) is 2.96. The van der Waals surface area contributed by atoms with Gasteiger partial charge in [0.25, 0.3) is 0 Å². The van der Waals surface area contributed by atoms with Gasteiger partial charge in [0.2, 0.25) is 6.41 Å². The van der Waals surface area contributed by atoms with Crippen molar-refractivity contribution in [1.29, 1.82) is 0 Å². The number of nitrogens with one attached hydrogen (secondary N) is 2. The molecule has 0 radical (unpaired) electrons. The number of rotatable bonds is 3. The molecule has 2 N–H and O–H groups in total. The summed E-state index contributed by atoms with van der Waals surface area (Å²) in [6, 6.07) is 0. The molecule has 2 heterocycles. The first kappa shape index (κ1) is 9.61. The molecule has 1 fully saturated rings. The van der Waals surface area contributed by atoms with Crippen LogP contribution in [0.3, 0.4) is 0 Å². The number of hydrogen-bond acceptors (Lipinski definition) is 4. The van der Waals surface area contributed by atoms with E-state index < -0.39 is 0 Å². The van der Waals surface area contributed by atoms with E-state index in [4.69, 9.17) is 0 Å². The summed E-state index contributed by atoms with van der Waals surface area (Å²) in [7, 11) is 0. The molecule has 1 aliphatic rings. The van der Waals surface area contributed by atoms with Crippen molar-refractivity contribution in [2.45, 2.75) is 18.8 Å². The van der Waals surface area contributed by atoms with Crippen molar-refractivity contribution < 1.29 is 4.79 Å². The number of hydrogen-bond donors (Lipinski definition) is 2. The molecule has 1 aliphatic heterocycles. The lowest BCUT2D eigenvalue weighted by atomic mass is 9.99. The maximum Gasteiger partial charge on any atom is 0.212 e. The molecule has 0 bridgehead atoms. The minimum Gasteiger partial charge on any atom is -0.317 e. The van der Waals surface area contributed by atoms with E-state index in [1.807, 2.05) is 5.38 Å². The molecular formula is C9H13N3OS. The average Bonchev–Trinajstić information content (AvgIpc) is 2.68. The predicted molar refractivity (Wildman–Crippen MR) is 56.6 cm³/mol. The van der Waals surface area contributed by atoms with Gasteiger partial charge in [-0.25, -0.2) is 4.98 Å². The van der Waals surface area contributed by atoms with Crippen molar-refractivity contribution in [2.24, 2.45) is 0 Å². The highest BCUT2D eigenvalue weighted by atomic mass is 32.1. The van der Waals surface area contributed by atoms with Crippen molar-refractivity contribution in [3.05, 3.63) is 10.4 Å². The summed E-state index contributed by atoms with van der Waals surface area (Å²) in [5.74, 6) is 1.25. The number of nitrogens with zero attached hydrogens (tertiary/aromatic N) is 1. The van der Waals surface area contributed by atoms with E-state index in [2.05, 4.69) is 15.6 Å². The number of amides is 1. The minimum atomic E-state index is 0.573. The van der Waals surface area contributed by atoms with Gasteiger partial charge in [0, 0.05) is 11.3 Å². The Labute approximate surface area is 86.7 Å². The van der Waals surface area contributed by atoms with Crippen LogP contribution in [0, 0.1) is 0 Å². The monoisotopic (exact) mass is 211 g/mol. The SMILES string of the molecule is O=CNc1csc(C2CCNCC2)n1. The predicted octanol–water partition coefficient (Wildman–Crippen LogP) is 1.18. The third-order valence-corrected chi connectivity index (χ3v) is 3.42. The molecule has 0 aromatic carbocycles. The summed E-state index contributed by atoms with van der Waals surface area (Å²) < 4.78 is 0. The van der Waals surface area contributed by atoms with E-state index in [1.54, 1.807) is 11.3 Å². The van der Waals surface area contributed by atoms with Crippen LogP contribution >= 0.6 is 11.3 Å². The fourth-order valence-electron chi connectivity index (χ4n) is 1.67. The normalized spacial score (nSPS) is 18.0. The van der Waals surface area contributed by atoms with Gasteiger partial charge in [0.1, 0.15) is 5.82 Å². The Kier molecular flexibility index (Phi) is 3.10. The van der Waals surface area contributed by atoms with Gasteiger partial charge in [0.15, 0.2) is 0 Å². The first-order chi connectivity index (χ1) is 6.90. The van der Waals surface area contributed by atoms with E-state index in [-0.39, 0.29) is 0 Å². The van der Waals surface area contributed by atoms with E-state index in [0.29, 0.717) is 18.1 Å². The molecular weight excluding hydrogens is 198 g/mol. The maximum atomic E-state index is 10.2. The van der Waals surface area contributed by atoms with Crippen LogP contribution in [0.5, 0.6) is 0 Å². The van der Waals surface area contributed by atoms with Gasteiger partial charge in [-0.3, -0.25) is 4.79 Å². The lowest BCUT2D eigenvalue weighted by Crippen LogP contribution is -2.26. The second-order valence-electron chi connectivity index (χ2n) is 3.36. The van der Waals surface area contributed by atoms with E-state index in [1.165, 1.54) is 0 Å². The van der Waals surface area contributed by atoms with Gasteiger partial charge < -0.3 is 10.6 Å². The van der Waals surface area contributed by atoms with Crippen molar-refractivity contribution in [3.8, 4) is 0 Å². The second kappa shape index (κ2) is 4.52. The van der Waals surface area contributed by atoms with Gasteiger partial charge >= 0.3 is 0 Å². The summed E-state index contributed by atoms with van der Waals surface area (Å²) in [6.45, 7) is 2.14. The first-order valence-corrected chi connectivity index (χ1v) is 5.64. The highest BCUT2D eigenvalue weighted by Gasteiger charge is 2.18. The van der Waals surface area contributed by atoms with Crippen LogP contribution in [0.1, 0.15) is 23.8 Å². The number of carbonyl (C=O) groups excluding carboxylic acids is 1. The zero-order chi connectivity index (χ0) is 9.80. The van der Waals surface area contributed by atoms with Crippen LogP contribution in [0.15, 0.2) is 5.38 Å². The standard InChI is InChI=1S/C9H13N3OS/c13-6-11-8-5-14-9(12-8)7-1-3-10-4-2-7/h5-7,10H,1-4H2,(H,11,13). The third kappa shape index (κ3) is 2.10. The molecule has 0 atom stereocenters. The highest BCUT2D eigenvalue weighted by Crippen LogP contribution is 2.28. The van der Waals surface area contributed by atoms with Gasteiger partial charge in [-0.2, -0.15) is 0 Å². The molecule has 0 spiro atoms. The Hall–Kier alpha value is -0.940. The van der Waals surface area contributed by atoms with Crippen LogP contribution in [-0.4, -0.2) is 24.5 Å². The Morgan fingerprint density at radius 1 is 1.57 bits per heavy atom. The Morgan fingerprint density at radius 2 is 2.36 bits per heavy atom. The average molecular weight is 211 g/mol. The van der Waals surface area contributed by atoms with E-state index in [9.17, 15) is 4.79 Å². The highest BCUT2D eigenvalue weighted by molar-refractivity contribution is 7.10. The maximum absolute atomic E-state index is 10.2. The van der Waals surface area contributed by atoms with Crippen LogP contribution in [0.2, 0.25) is 0 Å². The molecule has 0 aliphatic carbocycles. The quantitative estimate of drug-likeness (QED) is 0.738. The van der Waals surface area contributed by atoms with Gasteiger partial charge in [-0.1, -0.05) is 0 Å². The van der Waals surface area contributed by atoms with Crippen LogP contribution in [0.25, 0.3) is 0 Å². The molecule has 2 rings (SSSR count). The zero-order valence-corrected chi connectivity index (χ0v) is 8.64. The molecule has 4 nitrogen and oxygen atoms in total. The largest absolute Gasteiger partial charge is 0.317 e. The summed E-state index contributed by atoms with van der Waals surface area (Å²) >= 11 is 1.64. The van der Waals surface area contributed by atoms with Crippen LogP contribution < -0.4 is 10.6 Å². The number of piperidine rings is 1. The van der Waals surface area contributed by atoms with Crippen LogP contribution in [0.4, 0.5) is 5.82 Å². The van der Waals surface area contributed by atoms with Crippen molar-refractivity contribution in [2.75, 3.05) is 18.4 Å². The molecule has 0 saturated carbocycles. The van der Waals surface area contributed by atoms with E-state index in [0.717, 1.165) is 30.9 Å². The van der Waals surface area contributed by atoms with Crippen molar-refractivity contribution >= 4 is 23.6 Å². The number of thiazole rings is 1. The summed E-state index contributed by atoms with van der Waals surface area (Å²) in [5.41, 5.74) is 0. The van der Waals surface area contributed by atoms with Gasteiger partial charge in [0.05, 0.1) is 5.01 Å². The Balaban J connectivity index is 2.03. The number of aromatic nitrogens is 1. The zero-order valence-electron chi connectivity index (χ0n) is 7.82. The topological polar surface area (TPSA) is 54.0 Å². The molecule has 76 valence electrons. The lowest BCUT2D eigenvalue weighted by molar-refractivity contribution is -0.105. The van der Waals surface area contributed by atoms with E-state index >= 15 is 0 Å². The first-order valence-electron chi connectivity index (χ1n) is 4.76. The molecule has 1 saturated heterocycles. The molecule has 5 heteroatoms. The van der Waals surface area contributed by atoms with Crippen LogP contribution in [-0.2, 0) is 4.79 Å². The fourth-order valence-corrected chi connectivity index (χ4v) is 2.60. The fraction of sp³-hybridized carbons (Fsp3) is 0.556. The molecule has 14 heavy (non-hydrogen) atoms. The second-order valence-corrected chi connectivity index (χ2v) is 4.25. The molecule has 1 aromatic rings.